The number of hydrogen-bond acceptors (Lipinski definition) is 7. The summed E-state index contributed by atoms with van der Waals surface area (Å²) < 4.78 is 21.2. The Morgan fingerprint density at radius 3 is 2.75 bits per heavy atom. The van der Waals surface area contributed by atoms with E-state index in [1.54, 1.807) is 0 Å². The molecule has 0 unspecified atom stereocenters. The monoisotopic (exact) mass is 283 g/mol. The van der Waals surface area contributed by atoms with Crippen LogP contribution in [0, 0.1) is 5.92 Å². The number of halogens is 1. The van der Waals surface area contributed by atoms with Crippen LogP contribution in [-0.2, 0) is 4.74 Å². The smallest absolute Gasteiger partial charge is 0.168 e. The van der Waals surface area contributed by atoms with Gasteiger partial charge in [0.05, 0.1) is 25.6 Å². The average Bonchev–Trinajstić information content (AvgIpc) is 3.00. The van der Waals surface area contributed by atoms with Gasteiger partial charge in [-0.05, 0) is 0 Å². The summed E-state index contributed by atoms with van der Waals surface area (Å²) in [6.07, 6.45) is -0.641. The van der Waals surface area contributed by atoms with Gasteiger partial charge >= 0.3 is 0 Å². The maximum absolute atomic E-state index is 14.4. The molecule has 9 heteroatoms. The summed E-state index contributed by atoms with van der Waals surface area (Å²) in [4.78, 5) is 11.9. The third-order valence-electron chi connectivity index (χ3n) is 3.53. The van der Waals surface area contributed by atoms with Gasteiger partial charge < -0.3 is 20.7 Å². The van der Waals surface area contributed by atoms with Crippen molar-refractivity contribution in [2.24, 2.45) is 5.92 Å². The molecule has 0 radical (unpaired) electrons. The number of imidazole rings is 1. The van der Waals surface area contributed by atoms with Crippen LogP contribution in [0.4, 0.5) is 10.2 Å². The number of aliphatic hydroxyl groups excluding tert-OH is 2. The highest BCUT2D eigenvalue weighted by molar-refractivity contribution is 5.81. The zero-order chi connectivity index (χ0) is 14.3. The summed E-state index contributed by atoms with van der Waals surface area (Å²) in [6, 6.07) is 0. The third kappa shape index (κ3) is 1.82. The van der Waals surface area contributed by atoms with Gasteiger partial charge in [0.2, 0.25) is 0 Å². The minimum absolute atomic E-state index is 0.194. The van der Waals surface area contributed by atoms with Crippen molar-refractivity contribution in [2.75, 3.05) is 18.9 Å². The average molecular weight is 283 g/mol. The molecule has 108 valence electrons. The van der Waals surface area contributed by atoms with Gasteiger partial charge in [0.1, 0.15) is 11.8 Å². The number of fused-ring (bicyclic) bond motifs is 1. The predicted octanol–water partition coefficient (Wildman–Crippen LogP) is -0.755. The molecule has 0 aromatic carbocycles. The number of anilines is 1. The van der Waals surface area contributed by atoms with E-state index in [2.05, 4.69) is 15.0 Å². The zero-order valence-electron chi connectivity index (χ0n) is 10.4. The van der Waals surface area contributed by atoms with E-state index in [0.717, 1.165) is 0 Å². The van der Waals surface area contributed by atoms with Gasteiger partial charge in [0, 0.05) is 5.92 Å². The van der Waals surface area contributed by atoms with Crippen molar-refractivity contribution in [2.45, 2.75) is 18.5 Å². The number of alkyl halides is 1. The minimum Gasteiger partial charge on any atom is -0.396 e. The SMILES string of the molecule is Nc1ncnc2c1ncn2[C@@H]1O[C@H](CO)[C@H](CO)[C@@H]1F. The molecule has 8 nitrogen and oxygen atoms in total. The molecule has 3 rings (SSSR count). The number of rotatable bonds is 3. The number of nitrogen functional groups attached to an aromatic ring is 1. The van der Waals surface area contributed by atoms with Crippen molar-refractivity contribution in [3.8, 4) is 0 Å². The second-order valence-electron chi connectivity index (χ2n) is 4.62. The topological polar surface area (TPSA) is 119 Å². The maximum Gasteiger partial charge on any atom is 0.168 e. The van der Waals surface area contributed by atoms with Crippen LogP contribution in [0.2, 0.25) is 0 Å². The van der Waals surface area contributed by atoms with Gasteiger partial charge in [-0.2, -0.15) is 0 Å². The Hall–Kier alpha value is -1.84. The van der Waals surface area contributed by atoms with Crippen molar-refractivity contribution in [3.63, 3.8) is 0 Å². The lowest BCUT2D eigenvalue weighted by atomic mass is 10.0. The highest BCUT2D eigenvalue weighted by atomic mass is 19.1. The van der Waals surface area contributed by atoms with Gasteiger partial charge in [0.25, 0.3) is 0 Å². The summed E-state index contributed by atoms with van der Waals surface area (Å²) >= 11 is 0. The van der Waals surface area contributed by atoms with E-state index in [1.165, 1.54) is 17.2 Å². The van der Waals surface area contributed by atoms with Crippen LogP contribution in [0.5, 0.6) is 0 Å². The normalized spacial score (nSPS) is 30.1. The standard InChI is InChI=1S/C11H14FN5O3/c12-7-5(1-18)6(2-19)20-11(7)17-4-16-8-9(13)14-3-15-10(8)17/h3-7,11,18-19H,1-2H2,(H2,13,14,15)/t5-,6+,7-,11+/m0/s1. The quantitative estimate of drug-likeness (QED) is 0.677. The van der Waals surface area contributed by atoms with Gasteiger partial charge in [-0.25, -0.2) is 19.3 Å². The molecule has 1 aliphatic heterocycles. The Kier molecular flexibility index (Phi) is 3.24. The molecule has 1 aliphatic rings. The van der Waals surface area contributed by atoms with Crippen LogP contribution in [0.1, 0.15) is 6.23 Å². The van der Waals surface area contributed by atoms with Gasteiger partial charge in [0.15, 0.2) is 23.9 Å². The zero-order valence-corrected chi connectivity index (χ0v) is 10.4. The molecule has 0 bridgehead atoms. The lowest BCUT2D eigenvalue weighted by Gasteiger charge is -2.15. The van der Waals surface area contributed by atoms with E-state index < -0.39 is 31.0 Å². The lowest BCUT2D eigenvalue weighted by Crippen LogP contribution is -2.28. The first-order chi connectivity index (χ1) is 9.67. The number of nitrogens with zero attached hydrogens (tertiary/aromatic N) is 4. The molecule has 0 spiro atoms. The van der Waals surface area contributed by atoms with Gasteiger partial charge in [-0.1, -0.05) is 0 Å². The van der Waals surface area contributed by atoms with E-state index in [9.17, 15) is 14.6 Å². The molecule has 1 saturated heterocycles. The second-order valence-corrected chi connectivity index (χ2v) is 4.62. The van der Waals surface area contributed by atoms with Crippen LogP contribution in [0.25, 0.3) is 11.2 Å². The molecule has 2 aromatic rings. The molecule has 1 fully saturated rings. The van der Waals surface area contributed by atoms with Crippen molar-refractivity contribution >= 4 is 17.0 Å². The van der Waals surface area contributed by atoms with Crippen LogP contribution in [0.3, 0.4) is 0 Å². The molecule has 0 aliphatic carbocycles. The van der Waals surface area contributed by atoms with Gasteiger partial charge in [-0.3, -0.25) is 4.57 Å². The fourth-order valence-corrected chi connectivity index (χ4v) is 2.44. The minimum atomic E-state index is -1.48. The Labute approximate surface area is 113 Å². The predicted molar refractivity (Wildman–Crippen MR) is 66.2 cm³/mol. The Bertz CT molecular complexity index is 621. The van der Waals surface area contributed by atoms with E-state index in [1.807, 2.05) is 0 Å². The van der Waals surface area contributed by atoms with E-state index in [-0.39, 0.29) is 12.4 Å². The first kappa shape index (κ1) is 13.2. The fraction of sp³-hybridized carbons (Fsp3) is 0.545. The number of ether oxygens (including phenoxy) is 1. The van der Waals surface area contributed by atoms with Crippen LogP contribution in [0.15, 0.2) is 12.7 Å². The Morgan fingerprint density at radius 2 is 2.10 bits per heavy atom. The van der Waals surface area contributed by atoms with Crippen molar-refractivity contribution in [1.82, 2.24) is 19.5 Å². The van der Waals surface area contributed by atoms with E-state index in [0.29, 0.717) is 11.2 Å². The first-order valence-electron chi connectivity index (χ1n) is 6.11. The van der Waals surface area contributed by atoms with Crippen molar-refractivity contribution in [3.05, 3.63) is 12.7 Å². The molecule has 4 atom stereocenters. The van der Waals surface area contributed by atoms with E-state index in [4.69, 9.17) is 10.5 Å². The number of aromatic nitrogens is 4. The second kappa shape index (κ2) is 4.93. The molecule has 3 heterocycles. The Balaban J connectivity index is 2.01. The molecular formula is C11H14FN5O3. The largest absolute Gasteiger partial charge is 0.396 e. The van der Waals surface area contributed by atoms with Gasteiger partial charge in [-0.15, -0.1) is 0 Å². The summed E-state index contributed by atoms with van der Waals surface area (Å²) in [5.74, 6) is -0.596. The highest BCUT2D eigenvalue weighted by Crippen LogP contribution is 2.37. The molecule has 2 aromatic heterocycles. The fourth-order valence-electron chi connectivity index (χ4n) is 2.44. The summed E-state index contributed by atoms with van der Waals surface area (Å²) in [7, 11) is 0. The third-order valence-corrected chi connectivity index (χ3v) is 3.53. The summed E-state index contributed by atoms with van der Waals surface area (Å²) in [5.41, 5.74) is 6.37. The number of hydrogen-bond donors (Lipinski definition) is 3. The first-order valence-corrected chi connectivity index (χ1v) is 6.11. The molecular weight excluding hydrogens is 269 g/mol. The maximum atomic E-state index is 14.4. The molecule has 0 amide bonds. The van der Waals surface area contributed by atoms with Crippen LogP contribution >= 0.6 is 0 Å². The number of aliphatic hydroxyl groups is 2. The van der Waals surface area contributed by atoms with E-state index >= 15 is 0 Å². The highest BCUT2D eigenvalue weighted by Gasteiger charge is 2.45. The van der Waals surface area contributed by atoms with Crippen molar-refractivity contribution in [1.29, 1.82) is 0 Å². The molecule has 0 saturated carbocycles. The number of nitrogens with two attached hydrogens (primary N) is 1. The van der Waals surface area contributed by atoms with Crippen LogP contribution in [-0.4, -0.2) is 55.2 Å². The lowest BCUT2D eigenvalue weighted by molar-refractivity contribution is -0.0403. The van der Waals surface area contributed by atoms with Crippen molar-refractivity contribution < 1.29 is 19.3 Å². The molecule has 4 N–H and O–H groups in total. The summed E-state index contributed by atoms with van der Waals surface area (Å²) in [6.45, 7) is -0.779. The van der Waals surface area contributed by atoms with Crippen LogP contribution < -0.4 is 5.73 Å². The Morgan fingerprint density at radius 1 is 1.30 bits per heavy atom. The summed E-state index contributed by atoms with van der Waals surface area (Å²) in [5, 5.41) is 18.4. The molecule has 20 heavy (non-hydrogen) atoms.